The molecule has 0 saturated carbocycles. The Morgan fingerprint density at radius 1 is 0.962 bits per heavy atom. The molecule has 1 fully saturated rings. The van der Waals surface area contributed by atoms with Crippen molar-refractivity contribution in [1.82, 2.24) is 9.88 Å². The maximum Gasteiger partial charge on any atom is 0.264 e. The zero-order valence-electron chi connectivity index (χ0n) is 14.1. The molecular weight excluding hydrogens is 366 g/mol. The smallest absolute Gasteiger partial charge is 0.264 e. The second-order valence-electron chi connectivity index (χ2n) is 6.11. The molecule has 1 amide bonds. The fraction of sp³-hybridized carbons (Fsp3) is 0.200. The predicted octanol–water partition coefficient (Wildman–Crippen LogP) is 4.43. The lowest BCUT2D eigenvalue weighted by atomic mass is 10.2. The van der Waals surface area contributed by atoms with E-state index in [1.807, 2.05) is 59.5 Å². The number of carbonyl (C=O) groups is 1. The number of piperazine rings is 1. The van der Waals surface area contributed by atoms with Crippen molar-refractivity contribution in [3.63, 3.8) is 0 Å². The molecule has 0 aliphatic carbocycles. The normalized spacial score (nSPS) is 14.5. The van der Waals surface area contributed by atoms with E-state index in [0.717, 1.165) is 34.2 Å². The van der Waals surface area contributed by atoms with Gasteiger partial charge in [0.2, 0.25) is 0 Å². The number of rotatable bonds is 3. The van der Waals surface area contributed by atoms with Crippen molar-refractivity contribution in [3.05, 3.63) is 70.7 Å². The summed E-state index contributed by atoms with van der Waals surface area (Å²) < 4.78 is 0. The third kappa shape index (κ3) is 3.45. The van der Waals surface area contributed by atoms with Crippen LogP contribution in [0.15, 0.2) is 60.8 Å². The van der Waals surface area contributed by atoms with Crippen LogP contribution in [0, 0.1) is 0 Å². The fourth-order valence-corrected chi connectivity index (χ4v) is 4.40. The molecule has 26 heavy (non-hydrogen) atoms. The Kier molecular flexibility index (Phi) is 4.91. The summed E-state index contributed by atoms with van der Waals surface area (Å²) in [6, 6.07) is 17.5. The van der Waals surface area contributed by atoms with E-state index in [4.69, 9.17) is 11.6 Å². The molecule has 0 radical (unpaired) electrons. The molecule has 1 saturated heterocycles. The monoisotopic (exact) mass is 383 g/mol. The maximum atomic E-state index is 12.8. The van der Waals surface area contributed by atoms with Crippen LogP contribution in [-0.4, -0.2) is 42.0 Å². The number of halogens is 1. The van der Waals surface area contributed by atoms with Crippen LogP contribution in [0.2, 0.25) is 5.02 Å². The van der Waals surface area contributed by atoms with E-state index < -0.39 is 0 Å². The minimum absolute atomic E-state index is 0.0916. The summed E-state index contributed by atoms with van der Waals surface area (Å²) in [7, 11) is 0. The first kappa shape index (κ1) is 17.1. The van der Waals surface area contributed by atoms with Crippen LogP contribution < -0.4 is 4.90 Å². The quantitative estimate of drug-likeness (QED) is 0.671. The van der Waals surface area contributed by atoms with Crippen molar-refractivity contribution < 1.29 is 4.79 Å². The summed E-state index contributed by atoms with van der Waals surface area (Å²) in [6.07, 6.45) is 1.80. The Bertz CT molecular complexity index is 904. The van der Waals surface area contributed by atoms with Gasteiger partial charge in [-0.3, -0.25) is 4.79 Å². The average molecular weight is 384 g/mol. The lowest BCUT2D eigenvalue weighted by Crippen LogP contribution is -2.48. The summed E-state index contributed by atoms with van der Waals surface area (Å²) in [5, 5.41) is 0.706. The molecule has 6 heteroatoms. The van der Waals surface area contributed by atoms with E-state index in [2.05, 4.69) is 9.88 Å². The number of pyridine rings is 1. The summed E-state index contributed by atoms with van der Waals surface area (Å²) in [4.78, 5) is 23.1. The van der Waals surface area contributed by atoms with Gasteiger partial charge in [0.15, 0.2) is 0 Å². The second kappa shape index (κ2) is 7.48. The molecule has 132 valence electrons. The molecule has 1 aromatic carbocycles. The first-order chi connectivity index (χ1) is 12.7. The summed E-state index contributed by atoms with van der Waals surface area (Å²) in [6.45, 7) is 3.00. The highest BCUT2D eigenvalue weighted by atomic mass is 35.5. The highest BCUT2D eigenvalue weighted by molar-refractivity contribution is 7.17. The zero-order chi connectivity index (χ0) is 17.9. The highest BCUT2D eigenvalue weighted by Gasteiger charge is 2.24. The van der Waals surface area contributed by atoms with E-state index in [-0.39, 0.29) is 5.91 Å². The average Bonchev–Trinajstić information content (AvgIpc) is 3.18. The number of hydrogen-bond donors (Lipinski definition) is 0. The molecule has 0 N–H and O–H groups in total. The zero-order valence-corrected chi connectivity index (χ0v) is 15.7. The van der Waals surface area contributed by atoms with Gasteiger partial charge in [-0.25, -0.2) is 4.98 Å². The first-order valence-electron chi connectivity index (χ1n) is 8.52. The molecule has 3 aromatic rings. The van der Waals surface area contributed by atoms with Gasteiger partial charge in [0.25, 0.3) is 5.91 Å². The van der Waals surface area contributed by atoms with Gasteiger partial charge in [0.05, 0.1) is 4.88 Å². The number of thiophene rings is 1. The molecule has 3 heterocycles. The number of aromatic nitrogens is 1. The van der Waals surface area contributed by atoms with Crippen molar-refractivity contribution in [2.24, 2.45) is 0 Å². The van der Waals surface area contributed by atoms with Crippen LogP contribution >= 0.6 is 22.9 Å². The van der Waals surface area contributed by atoms with E-state index >= 15 is 0 Å². The third-order valence-electron chi connectivity index (χ3n) is 4.50. The van der Waals surface area contributed by atoms with E-state index in [0.29, 0.717) is 18.1 Å². The van der Waals surface area contributed by atoms with Gasteiger partial charge < -0.3 is 9.80 Å². The molecule has 4 nitrogen and oxygen atoms in total. The molecule has 0 bridgehead atoms. The molecule has 0 atom stereocenters. The topological polar surface area (TPSA) is 36.4 Å². The molecule has 0 unspecified atom stereocenters. The van der Waals surface area contributed by atoms with Crippen molar-refractivity contribution in [3.8, 4) is 10.4 Å². The van der Waals surface area contributed by atoms with Crippen molar-refractivity contribution in [2.45, 2.75) is 0 Å². The lowest BCUT2D eigenvalue weighted by Gasteiger charge is -2.35. The summed E-state index contributed by atoms with van der Waals surface area (Å²) in [5.74, 6) is 1.06. The van der Waals surface area contributed by atoms with Gasteiger partial charge in [0.1, 0.15) is 5.82 Å². The first-order valence-corrected chi connectivity index (χ1v) is 9.72. The van der Waals surface area contributed by atoms with Crippen molar-refractivity contribution in [1.29, 1.82) is 0 Å². The van der Waals surface area contributed by atoms with Crippen LogP contribution in [0.1, 0.15) is 9.67 Å². The Hall–Kier alpha value is -2.37. The second-order valence-corrected chi connectivity index (χ2v) is 7.60. The minimum Gasteiger partial charge on any atom is -0.353 e. The Labute approximate surface area is 161 Å². The minimum atomic E-state index is 0.0916. The fourth-order valence-electron chi connectivity index (χ4n) is 3.09. The molecule has 0 spiro atoms. The van der Waals surface area contributed by atoms with Crippen LogP contribution in [-0.2, 0) is 0 Å². The van der Waals surface area contributed by atoms with Crippen LogP contribution in [0.3, 0.4) is 0 Å². The lowest BCUT2D eigenvalue weighted by molar-refractivity contribution is 0.0751. The van der Waals surface area contributed by atoms with Gasteiger partial charge in [-0.05, 0) is 30.3 Å². The summed E-state index contributed by atoms with van der Waals surface area (Å²) >= 11 is 7.77. The molecule has 1 aliphatic heterocycles. The number of amides is 1. The van der Waals surface area contributed by atoms with Gasteiger partial charge in [-0.15, -0.1) is 11.3 Å². The number of hydrogen-bond acceptors (Lipinski definition) is 4. The van der Waals surface area contributed by atoms with E-state index in [1.54, 1.807) is 6.20 Å². The van der Waals surface area contributed by atoms with E-state index in [1.165, 1.54) is 11.3 Å². The largest absolute Gasteiger partial charge is 0.353 e. The SMILES string of the molecule is O=C(c1ccc(-c2ccccc2Cl)s1)N1CCN(c2ccccn2)CC1. The van der Waals surface area contributed by atoms with Gasteiger partial charge >= 0.3 is 0 Å². The molecule has 2 aromatic heterocycles. The van der Waals surface area contributed by atoms with Gasteiger partial charge in [-0.1, -0.05) is 35.9 Å². The third-order valence-corrected chi connectivity index (χ3v) is 5.93. The number of anilines is 1. The highest BCUT2D eigenvalue weighted by Crippen LogP contribution is 2.33. The molecule has 1 aliphatic rings. The maximum absolute atomic E-state index is 12.8. The van der Waals surface area contributed by atoms with E-state index in [9.17, 15) is 4.79 Å². The number of benzene rings is 1. The molecular formula is C20H18ClN3OS. The Morgan fingerprint density at radius 3 is 2.46 bits per heavy atom. The van der Waals surface area contributed by atoms with Gasteiger partial charge in [0, 0.05) is 47.8 Å². The number of carbonyl (C=O) groups excluding carboxylic acids is 1. The van der Waals surface area contributed by atoms with Gasteiger partial charge in [-0.2, -0.15) is 0 Å². The predicted molar refractivity (Wildman–Crippen MR) is 107 cm³/mol. The Balaban J connectivity index is 1.44. The van der Waals surface area contributed by atoms with Crippen LogP contribution in [0.25, 0.3) is 10.4 Å². The van der Waals surface area contributed by atoms with Crippen LogP contribution in [0.4, 0.5) is 5.82 Å². The number of nitrogens with zero attached hydrogens (tertiary/aromatic N) is 3. The standard InChI is InChI=1S/C20H18ClN3OS/c21-16-6-2-1-5-15(16)17-8-9-18(26-17)20(25)24-13-11-23(12-14-24)19-7-3-4-10-22-19/h1-10H,11-14H2. The molecule has 4 rings (SSSR count). The van der Waals surface area contributed by atoms with Crippen LogP contribution in [0.5, 0.6) is 0 Å². The van der Waals surface area contributed by atoms with Crippen molar-refractivity contribution >= 4 is 34.7 Å². The van der Waals surface area contributed by atoms with Crippen molar-refractivity contribution in [2.75, 3.05) is 31.1 Å². The summed E-state index contributed by atoms with van der Waals surface area (Å²) in [5.41, 5.74) is 0.971. The Morgan fingerprint density at radius 2 is 1.73 bits per heavy atom.